The van der Waals surface area contributed by atoms with Crippen LogP contribution in [0.5, 0.6) is 0 Å². The van der Waals surface area contributed by atoms with Crippen molar-refractivity contribution in [3.63, 3.8) is 0 Å². The Bertz CT molecular complexity index is 159. The van der Waals surface area contributed by atoms with Gasteiger partial charge in [-0.15, -0.1) is 0 Å². The maximum Gasteiger partial charge on any atom is 0.303 e. The van der Waals surface area contributed by atoms with Crippen LogP contribution in [0.25, 0.3) is 0 Å². The molecule has 1 unspecified atom stereocenters. The molecule has 0 saturated carbocycles. The Morgan fingerprint density at radius 1 is 1.50 bits per heavy atom. The molecule has 0 aliphatic carbocycles. The van der Waals surface area contributed by atoms with E-state index in [1.807, 2.05) is 0 Å². The quantitative estimate of drug-likeness (QED) is 0.654. The van der Waals surface area contributed by atoms with Gasteiger partial charge in [-0.3, -0.25) is 4.79 Å². The summed E-state index contributed by atoms with van der Waals surface area (Å²) >= 11 is 0. The maximum atomic E-state index is 10.3. The standard InChI is InChI=1S/C11H23NO2/c1-4-6-10(2)9-12(3)8-5-7-11(13)14/h10H,4-9H2,1-3H3,(H,13,14). The van der Waals surface area contributed by atoms with Crippen LogP contribution in [-0.4, -0.2) is 36.1 Å². The zero-order valence-corrected chi connectivity index (χ0v) is 9.62. The number of hydrogen-bond acceptors (Lipinski definition) is 2. The highest BCUT2D eigenvalue weighted by atomic mass is 16.4. The van der Waals surface area contributed by atoms with E-state index in [1.54, 1.807) is 0 Å². The first-order valence-corrected chi connectivity index (χ1v) is 5.46. The van der Waals surface area contributed by atoms with Crippen molar-refractivity contribution in [2.75, 3.05) is 20.1 Å². The second-order valence-electron chi connectivity index (χ2n) is 4.15. The molecule has 0 aromatic heterocycles. The molecule has 14 heavy (non-hydrogen) atoms. The van der Waals surface area contributed by atoms with Gasteiger partial charge in [0.1, 0.15) is 0 Å². The van der Waals surface area contributed by atoms with E-state index in [0.717, 1.165) is 25.4 Å². The highest BCUT2D eigenvalue weighted by Gasteiger charge is 2.05. The molecule has 1 N–H and O–H groups in total. The zero-order valence-electron chi connectivity index (χ0n) is 9.62. The molecule has 0 aliphatic rings. The predicted molar refractivity (Wildman–Crippen MR) is 58.4 cm³/mol. The molecule has 0 bridgehead atoms. The van der Waals surface area contributed by atoms with E-state index in [-0.39, 0.29) is 6.42 Å². The molecule has 0 fully saturated rings. The Balaban J connectivity index is 3.44. The molecule has 0 heterocycles. The summed E-state index contributed by atoms with van der Waals surface area (Å²) in [5.74, 6) is 0.0230. The number of aliphatic carboxylic acids is 1. The lowest BCUT2D eigenvalue weighted by molar-refractivity contribution is -0.137. The SMILES string of the molecule is CCCC(C)CN(C)CCCC(=O)O. The minimum absolute atomic E-state index is 0.284. The van der Waals surface area contributed by atoms with Crippen LogP contribution in [0.15, 0.2) is 0 Å². The zero-order chi connectivity index (χ0) is 11.0. The fourth-order valence-electron chi connectivity index (χ4n) is 1.71. The number of carbonyl (C=O) groups is 1. The number of carboxylic acid groups (broad SMARTS) is 1. The number of hydrogen-bond donors (Lipinski definition) is 1. The van der Waals surface area contributed by atoms with Crippen LogP contribution in [0.2, 0.25) is 0 Å². The smallest absolute Gasteiger partial charge is 0.303 e. The average molecular weight is 201 g/mol. The molecule has 3 nitrogen and oxygen atoms in total. The molecular formula is C11H23NO2. The van der Waals surface area contributed by atoms with Gasteiger partial charge in [-0.2, -0.15) is 0 Å². The fraction of sp³-hybridized carbons (Fsp3) is 0.909. The van der Waals surface area contributed by atoms with Crippen LogP contribution in [-0.2, 0) is 4.79 Å². The van der Waals surface area contributed by atoms with Crippen LogP contribution in [0.1, 0.15) is 39.5 Å². The van der Waals surface area contributed by atoms with Gasteiger partial charge in [-0.05, 0) is 32.4 Å². The van der Waals surface area contributed by atoms with E-state index in [4.69, 9.17) is 5.11 Å². The van der Waals surface area contributed by atoms with Gasteiger partial charge in [0.05, 0.1) is 0 Å². The summed E-state index contributed by atoms with van der Waals surface area (Å²) < 4.78 is 0. The lowest BCUT2D eigenvalue weighted by Crippen LogP contribution is -2.25. The molecule has 0 rings (SSSR count). The van der Waals surface area contributed by atoms with Gasteiger partial charge < -0.3 is 10.0 Å². The van der Waals surface area contributed by atoms with E-state index < -0.39 is 5.97 Å². The second kappa shape index (κ2) is 7.80. The number of carboxylic acids is 1. The molecule has 0 amide bonds. The predicted octanol–water partition coefficient (Wildman–Crippen LogP) is 2.22. The Morgan fingerprint density at radius 2 is 2.14 bits per heavy atom. The third kappa shape index (κ3) is 8.05. The van der Waals surface area contributed by atoms with Crippen molar-refractivity contribution >= 4 is 5.97 Å². The van der Waals surface area contributed by atoms with E-state index in [9.17, 15) is 4.79 Å². The maximum absolute atomic E-state index is 10.3. The van der Waals surface area contributed by atoms with Gasteiger partial charge in [0.25, 0.3) is 0 Å². The van der Waals surface area contributed by atoms with Crippen LogP contribution < -0.4 is 0 Å². The summed E-state index contributed by atoms with van der Waals surface area (Å²) in [4.78, 5) is 12.5. The summed E-state index contributed by atoms with van der Waals surface area (Å²) in [6, 6.07) is 0. The lowest BCUT2D eigenvalue weighted by Gasteiger charge is -2.20. The van der Waals surface area contributed by atoms with Gasteiger partial charge >= 0.3 is 5.97 Å². The molecule has 0 aliphatic heterocycles. The third-order valence-electron chi connectivity index (χ3n) is 2.34. The van der Waals surface area contributed by atoms with Crippen molar-refractivity contribution < 1.29 is 9.90 Å². The van der Waals surface area contributed by atoms with Crippen molar-refractivity contribution in [1.82, 2.24) is 4.90 Å². The fourth-order valence-corrected chi connectivity index (χ4v) is 1.71. The van der Waals surface area contributed by atoms with E-state index in [1.165, 1.54) is 12.8 Å². The summed E-state index contributed by atoms with van der Waals surface area (Å²) in [6.45, 7) is 6.41. The van der Waals surface area contributed by atoms with Gasteiger partial charge in [0.15, 0.2) is 0 Å². The molecule has 0 spiro atoms. The van der Waals surface area contributed by atoms with Crippen LogP contribution in [0.4, 0.5) is 0 Å². The third-order valence-corrected chi connectivity index (χ3v) is 2.34. The van der Waals surface area contributed by atoms with Crippen molar-refractivity contribution in [2.45, 2.75) is 39.5 Å². The number of rotatable bonds is 8. The van der Waals surface area contributed by atoms with Crippen LogP contribution in [0.3, 0.4) is 0 Å². The normalized spacial score (nSPS) is 13.1. The van der Waals surface area contributed by atoms with Gasteiger partial charge in [-0.1, -0.05) is 20.3 Å². The molecule has 0 aromatic carbocycles. The molecule has 84 valence electrons. The topological polar surface area (TPSA) is 40.5 Å². The van der Waals surface area contributed by atoms with Crippen molar-refractivity contribution in [1.29, 1.82) is 0 Å². The monoisotopic (exact) mass is 201 g/mol. The highest BCUT2D eigenvalue weighted by Crippen LogP contribution is 2.06. The first-order chi connectivity index (χ1) is 6.56. The van der Waals surface area contributed by atoms with Gasteiger partial charge in [-0.25, -0.2) is 0 Å². The Morgan fingerprint density at radius 3 is 2.64 bits per heavy atom. The summed E-state index contributed by atoms with van der Waals surface area (Å²) in [6.07, 6.45) is 3.52. The van der Waals surface area contributed by atoms with Crippen molar-refractivity contribution in [3.05, 3.63) is 0 Å². The van der Waals surface area contributed by atoms with Gasteiger partial charge in [0.2, 0.25) is 0 Å². The number of nitrogens with zero attached hydrogens (tertiary/aromatic N) is 1. The average Bonchev–Trinajstić information content (AvgIpc) is 2.03. The Hall–Kier alpha value is -0.570. The Labute approximate surface area is 87.1 Å². The molecule has 3 heteroatoms. The minimum Gasteiger partial charge on any atom is -0.481 e. The molecular weight excluding hydrogens is 178 g/mol. The molecule has 0 radical (unpaired) electrons. The van der Waals surface area contributed by atoms with Gasteiger partial charge in [0, 0.05) is 13.0 Å². The first kappa shape index (κ1) is 13.4. The summed E-state index contributed by atoms with van der Waals surface area (Å²) in [7, 11) is 2.06. The first-order valence-electron chi connectivity index (χ1n) is 5.46. The summed E-state index contributed by atoms with van der Waals surface area (Å²) in [5.41, 5.74) is 0. The molecule has 0 aromatic rings. The lowest BCUT2D eigenvalue weighted by atomic mass is 10.1. The minimum atomic E-state index is -0.694. The second-order valence-corrected chi connectivity index (χ2v) is 4.15. The van der Waals surface area contributed by atoms with Crippen LogP contribution >= 0.6 is 0 Å². The van der Waals surface area contributed by atoms with E-state index >= 15 is 0 Å². The largest absolute Gasteiger partial charge is 0.481 e. The molecule has 1 atom stereocenters. The summed E-state index contributed by atoms with van der Waals surface area (Å²) in [5, 5.41) is 8.47. The van der Waals surface area contributed by atoms with E-state index in [2.05, 4.69) is 25.8 Å². The van der Waals surface area contributed by atoms with Crippen molar-refractivity contribution in [3.8, 4) is 0 Å². The van der Waals surface area contributed by atoms with E-state index in [0.29, 0.717) is 0 Å². The molecule has 0 saturated heterocycles. The van der Waals surface area contributed by atoms with Crippen molar-refractivity contribution in [2.24, 2.45) is 5.92 Å². The highest BCUT2D eigenvalue weighted by molar-refractivity contribution is 5.66. The Kier molecular flexibility index (Phi) is 7.48. The van der Waals surface area contributed by atoms with Crippen LogP contribution in [0, 0.1) is 5.92 Å².